The lowest BCUT2D eigenvalue weighted by Gasteiger charge is -2.39. The van der Waals surface area contributed by atoms with Crippen LogP contribution in [-0.2, 0) is 23.1 Å². The molecule has 1 saturated heterocycles. The van der Waals surface area contributed by atoms with E-state index in [-0.39, 0.29) is 12.4 Å². The monoisotopic (exact) mass is 507 g/mol. The minimum Gasteiger partial charge on any atom is -0.481 e. The number of rotatable bonds is 5. The van der Waals surface area contributed by atoms with Gasteiger partial charge in [0.15, 0.2) is 0 Å². The van der Waals surface area contributed by atoms with Crippen LogP contribution in [0.25, 0.3) is 5.57 Å². The molecule has 182 valence electrons. The van der Waals surface area contributed by atoms with E-state index in [9.17, 15) is 9.90 Å². The molecule has 1 aliphatic heterocycles. The molecule has 0 atom stereocenters. The Labute approximate surface area is 218 Å². The molecule has 0 radical (unpaired) electrons. The summed E-state index contributed by atoms with van der Waals surface area (Å²) >= 11 is 6.03. The van der Waals surface area contributed by atoms with Gasteiger partial charge in [0.2, 0.25) is 0 Å². The van der Waals surface area contributed by atoms with Crippen LogP contribution in [0.1, 0.15) is 47.1 Å². The van der Waals surface area contributed by atoms with E-state index in [1.54, 1.807) is 12.1 Å². The second-order valence-corrected chi connectivity index (χ2v) is 9.89. The Morgan fingerprint density at radius 1 is 0.886 bits per heavy atom. The lowest BCUT2D eigenvalue weighted by Crippen LogP contribution is -2.47. The highest BCUT2D eigenvalue weighted by Crippen LogP contribution is 2.37. The van der Waals surface area contributed by atoms with E-state index in [0.717, 1.165) is 44.5 Å². The third kappa shape index (κ3) is 5.18. The molecule has 0 spiro atoms. The van der Waals surface area contributed by atoms with E-state index in [0.29, 0.717) is 17.9 Å². The van der Waals surface area contributed by atoms with E-state index < -0.39 is 11.4 Å². The van der Waals surface area contributed by atoms with E-state index in [1.165, 1.54) is 27.8 Å². The highest BCUT2D eigenvalue weighted by atomic mass is 35.5. The van der Waals surface area contributed by atoms with E-state index in [4.69, 9.17) is 11.6 Å². The van der Waals surface area contributed by atoms with Crippen molar-refractivity contribution < 1.29 is 9.90 Å². The molecule has 0 bridgehead atoms. The molecule has 5 heteroatoms. The first-order valence-corrected chi connectivity index (χ1v) is 12.5. The number of carbonyl (C=O) groups is 1. The molecule has 2 aliphatic rings. The van der Waals surface area contributed by atoms with Crippen LogP contribution in [-0.4, -0.2) is 35.6 Å². The molecule has 1 heterocycles. The van der Waals surface area contributed by atoms with Gasteiger partial charge in [-0.1, -0.05) is 78.3 Å². The number of aryl methyl sites for hydroxylation is 2. The van der Waals surface area contributed by atoms with Crippen molar-refractivity contribution in [3.8, 4) is 0 Å². The summed E-state index contributed by atoms with van der Waals surface area (Å²) in [5.74, 6) is -0.733. The third-order valence-corrected chi connectivity index (χ3v) is 7.84. The van der Waals surface area contributed by atoms with Crippen molar-refractivity contribution in [3.63, 3.8) is 0 Å². The summed E-state index contributed by atoms with van der Waals surface area (Å²) in [7, 11) is 0. The fraction of sp³-hybridized carbons (Fsp3) is 0.300. The van der Waals surface area contributed by atoms with Crippen molar-refractivity contribution in [2.45, 2.75) is 37.5 Å². The quantitative estimate of drug-likeness (QED) is 0.412. The van der Waals surface area contributed by atoms with Gasteiger partial charge in [-0.3, -0.25) is 4.79 Å². The number of aliphatic carboxylic acids is 1. The van der Waals surface area contributed by atoms with Gasteiger partial charge in [-0.25, -0.2) is 0 Å². The molecular formula is C30H31Cl2NO2. The Morgan fingerprint density at radius 2 is 1.43 bits per heavy atom. The molecule has 5 rings (SSSR count). The van der Waals surface area contributed by atoms with Crippen molar-refractivity contribution in [1.82, 2.24) is 4.90 Å². The molecule has 3 aromatic rings. The van der Waals surface area contributed by atoms with Gasteiger partial charge in [-0.05, 0) is 90.7 Å². The Kier molecular flexibility index (Phi) is 8.01. The average molecular weight is 508 g/mol. The average Bonchev–Trinajstić information content (AvgIpc) is 3.02. The standard InChI is InChI=1S/C30H30ClNO2.ClH/c31-25-15-13-24(14-16-25)30(29(33)34)17-20-32(21-18-30)19-5-10-28-26-8-3-1-6-22(26)11-12-23-7-2-4-9-27(23)28;/h1-4,6-10,13-16H,5,11-12,17-21H2,(H,33,34);1H. The Bertz CT molecular complexity index is 1160. The predicted molar refractivity (Wildman–Crippen MR) is 146 cm³/mol. The van der Waals surface area contributed by atoms with Gasteiger partial charge in [-0.15, -0.1) is 12.4 Å². The lowest BCUT2D eigenvalue weighted by atomic mass is 9.73. The van der Waals surface area contributed by atoms with E-state index in [2.05, 4.69) is 59.5 Å². The van der Waals surface area contributed by atoms with Crippen molar-refractivity contribution in [2.75, 3.05) is 19.6 Å². The fourth-order valence-corrected chi connectivity index (χ4v) is 5.71. The molecule has 0 unspecified atom stereocenters. The maximum absolute atomic E-state index is 12.3. The zero-order valence-electron chi connectivity index (χ0n) is 19.8. The topological polar surface area (TPSA) is 40.5 Å². The number of piperidine rings is 1. The minimum absolute atomic E-state index is 0. The SMILES string of the molecule is Cl.O=C(O)C1(c2ccc(Cl)cc2)CCN(CCC=C2c3ccccc3CCc3ccccc32)CC1. The number of nitrogens with zero attached hydrogens (tertiary/aromatic N) is 1. The molecule has 0 saturated carbocycles. The highest BCUT2D eigenvalue weighted by Gasteiger charge is 2.42. The summed E-state index contributed by atoms with van der Waals surface area (Å²) < 4.78 is 0. The van der Waals surface area contributed by atoms with Crippen LogP contribution >= 0.6 is 24.0 Å². The summed E-state index contributed by atoms with van der Waals surface area (Å²) in [6, 6.07) is 24.9. The first-order chi connectivity index (χ1) is 16.6. The second kappa shape index (κ2) is 11.0. The molecule has 3 nitrogen and oxygen atoms in total. The molecule has 0 amide bonds. The molecule has 1 fully saturated rings. The summed E-state index contributed by atoms with van der Waals surface area (Å²) in [5.41, 5.74) is 6.89. The summed E-state index contributed by atoms with van der Waals surface area (Å²) in [6.45, 7) is 2.50. The summed E-state index contributed by atoms with van der Waals surface area (Å²) in [4.78, 5) is 14.7. The van der Waals surface area contributed by atoms with Gasteiger partial charge in [0, 0.05) is 11.6 Å². The van der Waals surface area contributed by atoms with Crippen LogP contribution in [0.3, 0.4) is 0 Å². The third-order valence-electron chi connectivity index (χ3n) is 7.59. The number of hydrogen-bond donors (Lipinski definition) is 1. The van der Waals surface area contributed by atoms with Crippen LogP contribution < -0.4 is 0 Å². The molecule has 1 aliphatic carbocycles. The van der Waals surface area contributed by atoms with Gasteiger partial charge < -0.3 is 10.0 Å². The van der Waals surface area contributed by atoms with Crippen molar-refractivity contribution >= 4 is 35.6 Å². The van der Waals surface area contributed by atoms with E-state index in [1.807, 2.05) is 12.1 Å². The number of halogens is 2. The van der Waals surface area contributed by atoms with Crippen LogP contribution in [0.4, 0.5) is 0 Å². The van der Waals surface area contributed by atoms with Gasteiger partial charge in [-0.2, -0.15) is 0 Å². The van der Waals surface area contributed by atoms with E-state index >= 15 is 0 Å². The van der Waals surface area contributed by atoms with Crippen LogP contribution in [0, 0.1) is 0 Å². The Hall–Kier alpha value is -2.59. The lowest BCUT2D eigenvalue weighted by molar-refractivity contribution is -0.146. The van der Waals surface area contributed by atoms with Crippen molar-refractivity contribution in [1.29, 1.82) is 0 Å². The first-order valence-electron chi connectivity index (χ1n) is 12.2. The largest absolute Gasteiger partial charge is 0.481 e. The number of likely N-dealkylation sites (tertiary alicyclic amines) is 1. The molecular weight excluding hydrogens is 477 g/mol. The number of benzene rings is 3. The fourth-order valence-electron chi connectivity index (χ4n) is 5.58. The smallest absolute Gasteiger partial charge is 0.314 e. The van der Waals surface area contributed by atoms with Crippen LogP contribution in [0.2, 0.25) is 5.02 Å². The zero-order chi connectivity index (χ0) is 23.5. The summed E-state index contributed by atoms with van der Waals surface area (Å²) in [5, 5.41) is 10.7. The number of carboxylic acid groups (broad SMARTS) is 1. The van der Waals surface area contributed by atoms with Gasteiger partial charge >= 0.3 is 5.97 Å². The Morgan fingerprint density at radius 3 is 1.97 bits per heavy atom. The van der Waals surface area contributed by atoms with Gasteiger partial charge in [0.25, 0.3) is 0 Å². The van der Waals surface area contributed by atoms with Gasteiger partial charge in [0.1, 0.15) is 0 Å². The predicted octanol–water partition coefficient (Wildman–Crippen LogP) is 6.80. The number of fused-ring (bicyclic) bond motifs is 2. The highest BCUT2D eigenvalue weighted by molar-refractivity contribution is 6.30. The Balaban J connectivity index is 0.00000289. The van der Waals surface area contributed by atoms with Crippen molar-refractivity contribution in [3.05, 3.63) is 112 Å². The zero-order valence-corrected chi connectivity index (χ0v) is 21.3. The maximum Gasteiger partial charge on any atom is 0.314 e. The van der Waals surface area contributed by atoms with Crippen LogP contribution in [0.5, 0.6) is 0 Å². The van der Waals surface area contributed by atoms with Crippen molar-refractivity contribution in [2.24, 2.45) is 0 Å². The number of hydrogen-bond acceptors (Lipinski definition) is 2. The second-order valence-electron chi connectivity index (χ2n) is 9.46. The molecule has 1 N–H and O–H groups in total. The minimum atomic E-state index is -0.821. The number of carboxylic acids is 1. The summed E-state index contributed by atoms with van der Waals surface area (Å²) in [6.07, 6.45) is 6.70. The van der Waals surface area contributed by atoms with Gasteiger partial charge in [0.05, 0.1) is 5.41 Å². The maximum atomic E-state index is 12.3. The molecule has 35 heavy (non-hydrogen) atoms. The molecule has 0 aromatic heterocycles. The van der Waals surface area contributed by atoms with Crippen LogP contribution in [0.15, 0.2) is 78.9 Å². The normalized spacial score (nSPS) is 16.9. The first kappa shape index (κ1) is 25.5. The molecule has 3 aromatic carbocycles.